The van der Waals surface area contributed by atoms with Crippen molar-refractivity contribution in [3.63, 3.8) is 0 Å². The minimum absolute atomic E-state index is 0.694. The van der Waals surface area contributed by atoms with Gasteiger partial charge in [-0.15, -0.1) is 0 Å². The Morgan fingerprint density at radius 1 is 0.328 bits per heavy atom. The number of fused-ring (bicyclic) bond motifs is 3. The lowest BCUT2D eigenvalue weighted by molar-refractivity contribution is 0.980. The lowest BCUT2D eigenvalue weighted by atomic mass is 9.91. The molecule has 3 aromatic heterocycles. The largest absolute Gasteiger partial charge is 0.231 e. The second-order valence-electron chi connectivity index (χ2n) is 15.2. The van der Waals surface area contributed by atoms with Gasteiger partial charge < -0.3 is 0 Å². The molecule has 0 aliphatic heterocycles. The van der Waals surface area contributed by atoms with E-state index >= 15 is 0 Å². The van der Waals surface area contributed by atoms with E-state index in [1.165, 1.54) is 0 Å². The zero-order chi connectivity index (χ0) is 40.5. The van der Waals surface area contributed by atoms with Crippen LogP contribution in [0, 0.1) is 0 Å². The van der Waals surface area contributed by atoms with E-state index < -0.39 is 0 Å². The third kappa shape index (κ3) is 6.76. The fourth-order valence-corrected chi connectivity index (χ4v) is 8.49. The number of hydrogen-bond donors (Lipinski definition) is 0. The predicted molar refractivity (Wildman–Crippen MR) is 252 cm³/mol. The molecule has 0 saturated carbocycles. The molecule has 0 N–H and O–H groups in total. The van der Waals surface area contributed by atoms with Crippen molar-refractivity contribution in [3.05, 3.63) is 231 Å². The first-order chi connectivity index (χ1) is 30.2. The first kappa shape index (κ1) is 35.9. The SMILES string of the molecule is c1ccc(-c2cc(-c3ccccc3)nc(-c3ccc(-c4cccc(-c5cccc6cc(-c7ccccc7)n7nc(-c8ccccc8)c(-c8ccccc8)c7c56)c4)cc3)n2)cc1. The minimum atomic E-state index is 0.694. The summed E-state index contributed by atoms with van der Waals surface area (Å²) in [5.41, 5.74) is 16.9. The molecule has 8 aromatic carbocycles. The fraction of sp³-hybridized carbons (Fsp3) is 0. The van der Waals surface area contributed by atoms with Crippen molar-refractivity contribution >= 4 is 16.3 Å². The molecule has 0 aliphatic rings. The van der Waals surface area contributed by atoms with Gasteiger partial charge in [-0.2, -0.15) is 5.10 Å². The van der Waals surface area contributed by atoms with Crippen molar-refractivity contribution < 1.29 is 0 Å². The van der Waals surface area contributed by atoms with Crippen LogP contribution in [-0.4, -0.2) is 19.6 Å². The van der Waals surface area contributed by atoms with Crippen LogP contribution in [-0.2, 0) is 0 Å². The van der Waals surface area contributed by atoms with Crippen LogP contribution in [0.4, 0.5) is 0 Å². The molecule has 0 amide bonds. The number of rotatable bonds is 8. The summed E-state index contributed by atoms with van der Waals surface area (Å²) in [7, 11) is 0. The van der Waals surface area contributed by atoms with Gasteiger partial charge in [0.1, 0.15) is 5.69 Å². The van der Waals surface area contributed by atoms with Gasteiger partial charge in [-0.3, -0.25) is 0 Å². The van der Waals surface area contributed by atoms with Gasteiger partial charge >= 0.3 is 0 Å². The Balaban J connectivity index is 1.06. The van der Waals surface area contributed by atoms with E-state index in [4.69, 9.17) is 15.1 Å². The van der Waals surface area contributed by atoms with Crippen LogP contribution in [0.15, 0.2) is 231 Å². The first-order valence-electron chi connectivity index (χ1n) is 20.6. The lowest BCUT2D eigenvalue weighted by Gasteiger charge is -2.15. The Hall–Kier alpha value is -8.21. The molecular weight excluding hydrogens is 741 g/mol. The highest BCUT2D eigenvalue weighted by atomic mass is 15.2. The normalized spacial score (nSPS) is 11.3. The Morgan fingerprint density at radius 3 is 1.43 bits per heavy atom. The van der Waals surface area contributed by atoms with Crippen LogP contribution < -0.4 is 0 Å². The van der Waals surface area contributed by atoms with Gasteiger partial charge in [0.15, 0.2) is 5.82 Å². The number of pyridine rings is 1. The summed E-state index contributed by atoms with van der Waals surface area (Å²) in [6.07, 6.45) is 0. The molecule has 0 aliphatic carbocycles. The molecule has 4 heteroatoms. The molecule has 0 atom stereocenters. The Morgan fingerprint density at radius 2 is 0.820 bits per heavy atom. The molecule has 0 saturated heterocycles. The average Bonchev–Trinajstić information content (AvgIpc) is 3.76. The van der Waals surface area contributed by atoms with Gasteiger partial charge in [-0.25, -0.2) is 14.5 Å². The molecule has 11 rings (SSSR count). The van der Waals surface area contributed by atoms with Crippen LogP contribution in [0.3, 0.4) is 0 Å². The van der Waals surface area contributed by atoms with Gasteiger partial charge in [0.25, 0.3) is 0 Å². The van der Waals surface area contributed by atoms with Crippen molar-refractivity contribution in [1.82, 2.24) is 19.6 Å². The van der Waals surface area contributed by atoms with Crippen LogP contribution in [0.1, 0.15) is 0 Å². The summed E-state index contributed by atoms with van der Waals surface area (Å²) in [6, 6.07) is 81.0. The number of aromatic nitrogens is 4. The fourth-order valence-electron chi connectivity index (χ4n) is 8.49. The van der Waals surface area contributed by atoms with E-state index in [9.17, 15) is 0 Å². The van der Waals surface area contributed by atoms with E-state index in [2.05, 4.69) is 199 Å². The summed E-state index contributed by atoms with van der Waals surface area (Å²) < 4.78 is 2.17. The van der Waals surface area contributed by atoms with Crippen molar-refractivity contribution in [1.29, 1.82) is 0 Å². The van der Waals surface area contributed by atoms with Crippen molar-refractivity contribution in [3.8, 4) is 89.8 Å². The highest BCUT2D eigenvalue weighted by molar-refractivity contribution is 6.14. The van der Waals surface area contributed by atoms with Crippen LogP contribution in [0.5, 0.6) is 0 Å². The van der Waals surface area contributed by atoms with E-state index in [0.717, 1.165) is 100 Å². The highest BCUT2D eigenvalue weighted by Gasteiger charge is 2.23. The minimum Gasteiger partial charge on any atom is -0.231 e. The summed E-state index contributed by atoms with van der Waals surface area (Å²) in [5.74, 6) is 0.694. The molecule has 286 valence electrons. The molecule has 0 spiro atoms. The number of benzene rings is 8. The van der Waals surface area contributed by atoms with Gasteiger partial charge in [0.2, 0.25) is 0 Å². The van der Waals surface area contributed by atoms with Gasteiger partial charge in [0.05, 0.1) is 22.6 Å². The molecule has 11 aromatic rings. The zero-order valence-corrected chi connectivity index (χ0v) is 33.2. The maximum atomic E-state index is 5.47. The van der Waals surface area contributed by atoms with Crippen molar-refractivity contribution in [2.75, 3.05) is 0 Å². The quantitative estimate of drug-likeness (QED) is 0.154. The zero-order valence-electron chi connectivity index (χ0n) is 33.2. The second kappa shape index (κ2) is 15.5. The molecule has 0 fully saturated rings. The molecule has 4 nitrogen and oxygen atoms in total. The summed E-state index contributed by atoms with van der Waals surface area (Å²) >= 11 is 0. The molecule has 0 bridgehead atoms. The van der Waals surface area contributed by atoms with E-state index in [1.54, 1.807) is 0 Å². The summed E-state index contributed by atoms with van der Waals surface area (Å²) in [5, 5.41) is 7.79. The summed E-state index contributed by atoms with van der Waals surface area (Å²) in [4.78, 5) is 10.1. The topological polar surface area (TPSA) is 43.1 Å². The molecule has 0 unspecified atom stereocenters. The van der Waals surface area contributed by atoms with E-state index in [0.29, 0.717) is 5.82 Å². The molecular formula is C57H38N4. The predicted octanol–water partition coefficient (Wildman–Crippen LogP) is 14.6. The monoisotopic (exact) mass is 778 g/mol. The third-order valence-electron chi connectivity index (χ3n) is 11.4. The lowest BCUT2D eigenvalue weighted by Crippen LogP contribution is -1.97. The second-order valence-corrected chi connectivity index (χ2v) is 15.2. The molecule has 3 heterocycles. The number of nitrogens with zero attached hydrogens (tertiary/aromatic N) is 4. The average molecular weight is 779 g/mol. The van der Waals surface area contributed by atoms with E-state index in [1.807, 2.05) is 36.4 Å². The van der Waals surface area contributed by atoms with E-state index in [-0.39, 0.29) is 0 Å². The molecule has 0 radical (unpaired) electrons. The highest BCUT2D eigenvalue weighted by Crippen LogP contribution is 2.44. The smallest absolute Gasteiger partial charge is 0.160 e. The Labute approximate surface area is 354 Å². The van der Waals surface area contributed by atoms with Crippen molar-refractivity contribution in [2.24, 2.45) is 0 Å². The number of hydrogen-bond acceptors (Lipinski definition) is 3. The molecule has 61 heavy (non-hydrogen) atoms. The first-order valence-corrected chi connectivity index (χ1v) is 20.6. The van der Waals surface area contributed by atoms with Gasteiger partial charge in [-0.1, -0.05) is 212 Å². The maximum absolute atomic E-state index is 5.47. The van der Waals surface area contributed by atoms with Crippen LogP contribution in [0.25, 0.3) is 106 Å². The van der Waals surface area contributed by atoms with Crippen LogP contribution >= 0.6 is 0 Å². The third-order valence-corrected chi connectivity index (χ3v) is 11.4. The summed E-state index contributed by atoms with van der Waals surface area (Å²) in [6.45, 7) is 0. The van der Waals surface area contributed by atoms with Gasteiger partial charge in [-0.05, 0) is 51.4 Å². The van der Waals surface area contributed by atoms with Crippen LogP contribution in [0.2, 0.25) is 0 Å². The Bertz CT molecular complexity index is 3250. The maximum Gasteiger partial charge on any atom is 0.160 e. The van der Waals surface area contributed by atoms with Crippen molar-refractivity contribution in [2.45, 2.75) is 0 Å². The van der Waals surface area contributed by atoms with Gasteiger partial charge in [0, 0.05) is 38.8 Å². The Kier molecular flexibility index (Phi) is 9.14. The standard InChI is InChI=1S/C57H38N4/c1-6-18-40(19-7-1)50-38-51(41-20-8-2-9-21-41)59-57(58-50)45-34-32-39(33-35-45)46-28-16-29-47(36-46)49-31-17-30-48-37-52(42-22-10-3-11-23-42)61-56(53(48)49)54(43-24-12-4-13-25-43)55(60-61)44-26-14-5-15-27-44/h1-38H.